The van der Waals surface area contributed by atoms with Gasteiger partial charge in [0.15, 0.2) is 5.41 Å². The number of carbonyl (C=O) groups is 2. The van der Waals surface area contributed by atoms with E-state index in [9.17, 15) is 9.59 Å². The van der Waals surface area contributed by atoms with Gasteiger partial charge in [0.25, 0.3) is 0 Å². The number of esters is 2. The number of rotatable bonds is 6. The van der Waals surface area contributed by atoms with Crippen LogP contribution in [0, 0.1) is 23.7 Å². The second-order valence-electron chi connectivity index (χ2n) is 4.99. The number of unbranched alkanes of at least 4 members (excludes halogenated alkanes) is 1. The highest BCUT2D eigenvalue weighted by Crippen LogP contribution is 2.45. The van der Waals surface area contributed by atoms with E-state index in [-0.39, 0.29) is 5.92 Å². The van der Waals surface area contributed by atoms with E-state index in [0.717, 1.165) is 25.7 Å². The smallest absolute Gasteiger partial charge is 0.323 e. The zero-order chi connectivity index (χ0) is 14.3. The lowest BCUT2D eigenvalue weighted by Gasteiger charge is -2.33. The molecule has 0 unspecified atom stereocenters. The Labute approximate surface area is 114 Å². The molecule has 0 atom stereocenters. The van der Waals surface area contributed by atoms with Gasteiger partial charge in [0.05, 0.1) is 14.2 Å². The summed E-state index contributed by atoms with van der Waals surface area (Å²) in [5.41, 5.74) is -1.17. The van der Waals surface area contributed by atoms with Crippen LogP contribution in [0.25, 0.3) is 0 Å². The Balaban J connectivity index is 3.04. The van der Waals surface area contributed by atoms with E-state index in [2.05, 4.69) is 5.92 Å². The molecule has 0 aliphatic heterocycles. The van der Waals surface area contributed by atoms with Gasteiger partial charge in [-0.2, -0.15) is 0 Å². The minimum atomic E-state index is -1.17. The van der Waals surface area contributed by atoms with Crippen molar-refractivity contribution in [2.45, 2.75) is 44.9 Å². The van der Waals surface area contributed by atoms with Crippen LogP contribution in [0.4, 0.5) is 0 Å². The monoisotopic (exact) mass is 266 g/mol. The fourth-order valence-corrected chi connectivity index (χ4v) is 3.08. The van der Waals surface area contributed by atoms with Crippen molar-refractivity contribution in [2.75, 3.05) is 14.2 Å². The van der Waals surface area contributed by atoms with Gasteiger partial charge in [0.1, 0.15) is 0 Å². The lowest BCUT2D eigenvalue weighted by Crippen LogP contribution is -2.46. The van der Waals surface area contributed by atoms with E-state index in [4.69, 9.17) is 15.9 Å². The molecule has 19 heavy (non-hydrogen) atoms. The molecule has 0 aromatic heterocycles. The first-order valence-corrected chi connectivity index (χ1v) is 6.73. The van der Waals surface area contributed by atoms with Crippen LogP contribution in [0.15, 0.2) is 0 Å². The molecule has 1 saturated carbocycles. The first-order chi connectivity index (χ1) is 9.13. The molecule has 106 valence electrons. The van der Waals surface area contributed by atoms with Gasteiger partial charge in [0.2, 0.25) is 0 Å². The van der Waals surface area contributed by atoms with Crippen LogP contribution < -0.4 is 0 Å². The Bertz CT molecular complexity index is 345. The Morgan fingerprint density at radius 1 is 1.21 bits per heavy atom. The Hall–Kier alpha value is -1.50. The van der Waals surface area contributed by atoms with E-state index in [1.54, 1.807) is 0 Å². The number of carbonyl (C=O) groups excluding carboxylic acids is 2. The van der Waals surface area contributed by atoms with E-state index in [1.807, 2.05) is 0 Å². The second-order valence-corrected chi connectivity index (χ2v) is 4.99. The summed E-state index contributed by atoms with van der Waals surface area (Å²) in [4.78, 5) is 24.5. The molecule has 0 amide bonds. The minimum Gasteiger partial charge on any atom is -0.468 e. The average molecular weight is 266 g/mol. The number of terminal acetylenes is 1. The zero-order valence-electron chi connectivity index (χ0n) is 11.7. The quantitative estimate of drug-likeness (QED) is 0.320. The fraction of sp³-hybridized carbons (Fsp3) is 0.733. The van der Waals surface area contributed by atoms with E-state index >= 15 is 0 Å². The molecule has 0 spiro atoms. The zero-order valence-corrected chi connectivity index (χ0v) is 11.7. The first-order valence-electron chi connectivity index (χ1n) is 6.73. The van der Waals surface area contributed by atoms with Gasteiger partial charge in [-0.25, -0.2) is 0 Å². The van der Waals surface area contributed by atoms with Gasteiger partial charge in [0, 0.05) is 6.42 Å². The van der Waals surface area contributed by atoms with Crippen molar-refractivity contribution in [1.29, 1.82) is 0 Å². The average Bonchev–Trinajstić information content (AvgIpc) is 2.96. The summed E-state index contributed by atoms with van der Waals surface area (Å²) >= 11 is 0. The Kier molecular flexibility index (Phi) is 5.88. The maximum atomic E-state index is 12.2. The molecule has 1 rings (SSSR count). The molecular weight excluding hydrogens is 244 g/mol. The van der Waals surface area contributed by atoms with Crippen molar-refractivity contribution in [3.8, 4) is 12.3 Å². The van der Waals surface area contributed by atoms with Crippen LogP contribution in [-0.4, -0.2) is 26.2 Å². The standard InChI is InChI=1S/C15H22O4/c1-4-5-8-11-15(13(16)18-2,14(17)19-3)12-9-6-7-10-12/h1,12H,5-11H2,2-3H3. The summed E-state index contributed by atoms with van der Waals surface area (Å²) in [7, 11) is 2.63. The van der Waals surface area contributed by atoms with Gasteiger partial charge < -0.3 is 9.47 Å². The molecule has 0 saturated heterocycles. The van der Waals surface area contributed by atoms with Crippen LogP contribution in [0.5, 0.6) is 0 Å². The topological polar surface area (TPSA) is 52.6 Å². The lowest BCUT2D eigenvalue weighted by molar-refractivity contribution is -0.174. The summed E-state index contributed by atoms with van der Waals surface area (Å²) in [6.07, 6.45) is 10.6. The van der Waals surface area contributed by atoms with Crippen LogP contribution in [0.1, 0.15) is 44.9 Å². The predicted molar refractivity (Wildman–Crippen MR) is 71.1 cm³/mol. The molecule has 4 heteroatoms. The molecule has 0 bridgehead atoms. The van der Waals surface area contributed by atoms with Crippen molar-refractivity contribution in [2.24, 2.45) is 11.3 Å². The van der Waals surface area contributed by atoms with Gasteiger partial charge in [-0.1, -0.05) is 12.8 Å². The third-order valence-corrected chi connectivity index (χ3v) is 4.04. The summed E-state index contributed by atoms with van der Waals surface area (Å²) in [5, 5.41) is 0. The largest absolute Gasteiger partial charge is 0.468 e. The summed E-state index contributed by atoms with van der Waals surface area (Å²) in [6.45, 7) is 0. The SMILES string of the molecule is C#CCCCC(C(=O)OC)(C(=O)OC)C1CCCC1. The summed E-state index contributed by atoms with van der Waals surface area (Å²) in [6, 6.07) is 0. The van der Waals surface area contributed by atoms with Crippen molar-refractivity contribution in [1.82, 2.24) is 0 Å². The summed E-state index contributed by atoms with van der Waals surface area (Å²) < 4.78 is 9.78. The third kappa shape index (κ3) is 3.09. The molecule has 0 radical (unpaired) electrons. The Morgan fingerprint density at radius 3 is 2.16 bits per heavy atom. The predicted octanol–water partition coefficient (Wildman–Crippen LogP) is 2.31. The highest BCUT2D eigenvalue weighted by atomic mass is 16.5. The molecular formula is C15H22O4. The number of hydrogen-bond donors (Lipinski definition) is 0. The minimum absolute atomic E-state index is 0.00479. The molecule has 1 fully saturated rings. The van der Waals surface area contributed by atoms with Gasteiger partial charge in [-0.3, -0.25) is 9.59 Å². The highest BCUT2D eigenvalue weighted by Gasteiger charge is 2.54. The molecule has 1 aliphatic carbocycles. The van der Waals surface area contributed by atoms with E-state index in [0.29, 0.717) is 19.3 Å². The molecule has 1 aliphatic rings. The first kappa shape index (κ1) is 15.6. The van der Waals surface area contributed by atoms with Crippen molar-refractivity contribution in [3.05, 3.63) is 0 Å². The molecule has 4 nitrogen and oxygen atoms in total. The molecule has 0 heterocycles. The molecule has 0 N–H and O–H groups in total. The normalized spacial score (nSPS) is 15.8. The number of ether oxygens (including phenoxy) is 2. The van der Waals surface area contributed by atoms with Crippen molar-refractivity contribution >= 4 is 11.9 Å². The maximum Gasteiger partial charge on any atom is 0.323 e. The van der Waals surface area contributed by atoms with Gasteiger partial charge in [-0.15, -0.1) is 12.3 Å². The van der Waals surface area contributed by atoms with E-state index in [1.165, 1.54) is 14.2 Å². The number of methoxy groups -OCH3 is 2. The molecule has 0 aromatic carbocycles. The number of hydrogen-bond acceptors (Lipinski definition) is 4. The highest BCUT2D eigenvalue weighted by molar-refractivity contribution is 6.00. The van der Waals surface area contributed by atoms with Crippen LogP contribution in [-0.2, 0) is 19.1 Å². The van der Waals surface area contributed by atoms with E-state index < -0.39 is 17.4 Å². The van der Waals surface area contributed by atoms with Gasteiger partial charge in [-0.05, 0) is 31.6 Å². The van der Waals surface area contributed by atoms with Crippen LogP contribution in [0.3, 0.4) is 0 Å². The lowest BCUT2D eigenvalue weighted by atomic mass is 9.70. The second kappa shape index (κ2) is 7.18. The van der Waals surface area contributed by atoms with Crippen LogP contribution >= 0.6 is 0 Å². The maximum absolute atomic E-state index is 12.2. The van der Waals surface area contributed by atoms with Crippen molar-refractivity contribution in [3.63, 3.8) is 0 Å². The van der Waals surface area contributed by atoms with Gasteiger partial charge >= 0.3 is 11.9 Å². The van der Waals surface area contributed by atoms with Crippen LogP contribution in [0.2, 0.25) is 0 Å². The van der Waals surface area contributed by atoms with Crippen molar-refractivity contribution < 1.29 is 19.1 Å². The Morgan fingerprint density at radius 2 is 1.74 bits per heavy atom. The third-order valence-electron chi connectivity index (χ3n) is 4.04. The fourth-order valence-electron chi connectivity index (χ4n) is 3.08. The molecule has 0 aromatic rings. The summed E-state index contributed by atoms with van der Waals surface area (Å²) in [5.74, 6) is 1.58.